The molecule has 0 bridgehead atoms. The normalized spacial score (nSPS) is 12.4. The van der Waals surface area contributed by atoms with Gasteiger partial charge in [0, 0.05) is 0 Å². The Labute approximate surface area is 273 Å². The topological polar surface area (TPSA) is 24.7 Å². The van der Waals surface area contributed by atoms with E-state index in [2.05, 4.69) is 74.5 Å². The van der Waals surface area contributed by atoms with Gasteiger partial charge in [-0.2, -0.15) is 0 Å². The van der Waals surface area contributed by atoms with Crippen molar-refractivity contribution < 1.29 is 0 Å². The van der Waals surface area contributed by atoms with E-state index in [1.54, 1.807) is 0 Å². The van der Waals surface area contributed by atoms with Gasteiger partial charge in [0.25, 0.3) is 0 Å². The van der Waals surface area contributed by atoms with Crippen molar-refractivity contribution in [1.29, 1.82) is 0 Å². The van der Waals surface area contributed by atoms with Crippen molar-refractivity contribution in [3.63, 3.8) is 0 Å². The van der Waals surface area contributed by atoms with Crippen LogP contribution >= 0.6 is 0 Å². The van der Waals surface area contributed by atoms with Crippen LogP contribution in [0, 0.1) is 0 Å². The third kappa shape index (κ3) is 20.5. The molecule has 0 spiro atoms. The molecule has 244 valence electrons. The quantitative estimate of drug-likeness (QED) is 0.0687. The van der Waals surface area contributed by atoms with Crippen molar-refractivity contribution >= 4 is 22.8 Å². The number of para-hydroxylation sites is 2. The van der Waals surface area contributed by atoms with E-state index in [1.807, 2.05) is 12.1 Å². The third-order valence-corrected chi connectivity index (χ3v) is 8.59. The van der Waals surface area contributed by atoms with Crippen molar-refractivity contribution in [3.8, 4) is 0 Å². The lowest BCUT2D eigenvalue weighted by Crippen LogP contribution is -2.11. The van der Waals surface area contributed by atoms with Crippen LogP contribution in [0.25, 0.3) is 0 Å². The number of hydrogen-bond donors (Lipinski definition) is 0. The van der Waals surface area contributed by atoms with Gasteiger partial charge in [-0.1, -0.05) is 185 Å². The first-order chi connectivity index (χ1) is 21.8. The van der Waals surface area contributed by atoms with E-state index < -0.39 is 0 Å². The summed E-state index contributed by atoms with van der Waals surface area (Å²) >= 11 is 0. The van der Waals surface area contributed by atoms with Crippen molar-refractivity contribution in [2.45, 2.75) is 168 Å². The van der Waals surface area contributed by atoms with E-state index in [-0.39, 0.29) is 0 Å². The lowest BCUT2D eigenvalue weighted by atomic mass is 10.0. The van der Waals surface area contributed by atoms with Crippen LogP contribution in [0.5, 0.6) is 0 Å². The highest BCUT2D eigenvalue weighted by molar-refractivity contribution is 6.47. The van der Waals surface area contributed by atoms with Crippen LogP contribution in [0.1, 0.15) is 168 Å². The van der Waals surface area contributed by atoms with Crippen LogP contribution in [0.4, 0.5) is 11.4 Å². The fraction of sp³-hybridized carbons (Fsp3) is 0.619. The Morgan fingerprint density at radius 2 is 0.841 bits per heavy atom. The molecule has 2 nitrogen and oxygen atoms in total. The SMILES string of the molecule is CCCCCCCCCCCCCCCCCCCCCC/C=C/C(=Nc1ccccc1)C(CCCC)=Nc1ccccc1. The van der Waals surface area contributed by atoms with Crippen molar-refractivity contribution in [2.24, 2.45) is 9.98 Å². The second-order valence-electron chi connectivity index (χ2n) is 12.7. The van der Waals surface area contributed by atoms with Crippen LogP contribution in [-0.4, -0.2) is 11.4 Å². The Kier molecular flexibility index (Phi) is 24.0. The highest BCUT2D eigenvalue weighted by atomic mass is 14.8. The van der Waals surface area contributed by atoms with Gasteiger partial charge in [0.2, 0.25) is 0 Å². The third-order valence-electron chi connectivity index (χ3n) is 8.59. The molecule has 0 N–H and O–H groups in total. The Hall–Kier alpha value is -2.48. The summed E-state index contributed by atoms with van der Waals surface area (Å²) in [6, 6.07) is 20.6. The molecule has 44 heavy (non-hydrogen) atoms. The fourth-order valence-electron chi connectivity index (χ4n) is 5.80. The summed E-state index contributed by atoms with van der Waals surface area (Å²) in [5, 5.41) is 0. The van der Waals surface area contributed by atoms with E-state index in [9.17, 15) is 0 Å². The molecule has 2 aromatic carbocycles. The van der Waals surface area contributed by atoms with Gasteiger partial charge in [0.15, 0.2) is 0 Å². The molecule has 0 fully saturated rings. The van der Waals surface area contributed by atoms with Crippen molar-refractivity contribution in [2.75, 3.05) is 0 Å². The largest absolute Gasteiger partial charge is 0.251 e. The van der Waals surface area contributed by atoms with E-state index >= 15 is 0 Å². The molecule has 2 heteroatoms. The maximum atomic E-state index is 5.03. The fourth-order valence-corrected chi connectivity index (χ4v) is 5.80. The van der Waals surface area contributed by atoms with E-state index in [1.165, 1.54) is 128 Å². The van der Waals surface area contributed by atoms with Gasteiger partial charge in [-0.25, -0.2) is 4.99 Å². The molecule has 0 saturated heterocycles. The van der Waals surface area contributed by atoms with Crippen LogP contribution < -0.4 is 0 Å². The van der Waals surface area contributed by atoms with E-state index in [4.69, 9.17) is 9.98 Å². The zero-order chi connectivity index (χ0) is 31.2. The maximum absolute atomic E-state index is 5.03. The van der Waals surface area contributed by atoms with Gasteiger partial charge in [0.1, 0.15) is 0 Å². The van der Waals surface area contributed by atoms with Gasteiger partial charge in [-0.05, 0) is 56.0 Å². The maximum Gasteiger partial charge on any atom is 0.0848 e. The predicted molar refractivity (Wildman–Crippen MR) is 198 cm³/mol. The van der Waals surface area contributed by atoms with E-state index in [0.717, 1.165) is 48.5 Å². The summed E-state index contributed by atoms with van der Waals surface area (Å²) in [6.45, 7) is 4.54. The minimum Gasteiger partial charge on any atom is -0.251 e. The first-order valence-corrected chi connectivity index (χ1v) is 18.8. The predicted octanol–water partition coefficient (Wildman–Crippen LogP) is 14.5. The smallest absolute Gasteiger partial charge is 0.0848 e. The molecule has 2 aromatic rings. The van der Waals surface area contributed by atoms with Gasteiger partial charge in [-0.15, -0.1) is 0 Å². The van der Waals surface area contributed by atoms with Crippen molar-refractivity contribution in [1.82, 2.24) is 0 Å². The molecule has 0 aliphatic rings. The number of rotatable bonds is 28. The average molecular weight is 599 g/mol. The van der Waals surface area contributed by atoms with Crippen LogP contribution in [-0.2, 0) is 0 Å². The highest BCUT2D eigenvalue weighted by Gasteiger charge is 2.08. The molecular formula is C42H66N2. The molecule has 0 saturated carbocycles. The summed E-state index contributed by atoms with van der Waals surface area (Å²) in [5.41, 5.74) is 4.08. The molecule has 0 aliphatic carbocycles. The summed E-state index contributed by atoms with van der Waals surface area (Å²) in [5.74, 6) is 0. The van der Waals surface area contributed by atoms with Crippen molar-refractivity contribution in [3.05, 3.63) is 72.8 Å². The van der Waals surface area contributed by atoms with Crippen LogP contribution in [0.3, 0.4) is 0 Å². The number of hydrogen-bond acceptors (Lipinski definition) is 2. The summed E-state index contributed by atoms with van der Waals surface area (Å²) in [6.07, 6.45) is 37.4. The standard InChI is InChI=1S/C42H66N2/c1-3-5-7-8-9-10-11-12-13-14-15-16-17-18-19-20-21-22-23-24-25-32-38-42(44-40-35-30-27-31-36-40)41(37-6-4-2)43-39-33-28-26-29-34-39/h26-36,38H,3-25,37H2,1-2H3/b38-32+,43-41?,44-42?. The van der Waals surface area contributed by atoms with Crippen LogP contribution in [0.2, 0.25) is 0 Å². The Morgan fingerprint density at radius 1 is 0.455 bits per heavy atom. The first-order valence-electron chi connectivity index (χ1n) is 18.8. The highest BCUT2D eigenvalue weighted by Crippen LogP contribution is 2.18. The molecule has 0 radical (unpaired) electrons. The summed E-state index contributed by atoms with van der Waals surface area (Å²) in [4.78, 5) is 10.1. The van der Waals surface area contributed by atoms with E-state index in [0.29, 0.717) is 0 Å². The number of allylic oxidation sites excluding steroid dienone is 2. The first kappa shape index (κ1) is 37.7. The number of aliphatic imine (C=N–C) groups is 2. The van der Waals surface area contributed by atoms with Crippen LogP contribution in [0.15, 0.2) is 82.8 Å². The number of benzene rings is 2. The minimum atomic E-state index is 0.945. The second-order valence-corrected chi connectivity index (χ2v) is 12.7. The molecular weight excluding hydrogens is 532 g/mol. The monoisotopic (exact) mass is 599 g/mol. The number of nitrogens with zero attached hydrogens (tertiary/aromatic N) is 2. The second kappa shape index (κ2) is 28.0. The molecule has 0 amide bonds. The molecule has 0 heterocycles. The lowest BCUT2D eigenvalue weighted by molar-refractivity contribution is 0.522. The molecule has 0 unspecified atom stereocenters. The van der Waals surface area contributed by atoms with Gasteiger partial charge in [-0.3, -0.25) is 4.99 Å². The summed E-state index contributed by atoms with van der Waals surface area (Å²) < 4.78 is 0. The molecule has 0 aliphatic heterocycles. The summed E-state index contributed by atoms with van der Waals surface area (Å²) in [7, 11) is 0. The molecule has 0 aromatic heterocycles. The Morgan fingerprint density at radius 3 is 1.27 bits per heavy atom. The zero-order valence-electron chi connectivity index (χ0n) is 28.8. The molecule has 0 atom stereocenters. The lowest BCUT2D eigenvalue weighted by Gasteiger charge is -2.08. The minimum absolute atomic E-state index is 0.945. The number of unbranched alkanes of at least 4 members (excludes halogenated alkanes) is 21. The zero-order valence-corrected chi connectivity index (χ0v) is 28.8. The van der Waals surface area contributed by atoms with Gasteiger partial charge < -0.3 is 0 Å². The molecule has 2 rings (SSSR count). The Bertz CT molecular complexity index is 989. The van der Waals surface area contributed by atoms with Gasteiger partial charge in [0.05, 0.1) is 22.8 Å². The average Bonchev–Trinajstić information content (AvgIpc) is 3.06. The van der Waals surface area contributed by atoms with Gasteiger partial charge >= 0.3 is 0 Å². The Balaban J connectivity index is 1.58.